The maximum atomic E-state index is 12.7. The highest BCUT2D eigenvalue weighted by Gasteiger charge is 2.41. The lowest BCUT2D eigenvalue weighted by atomic mass is 9.81. The number of nitrogens with two attached hydrogens (primary N) is 1. The maximum absolute atomic E-state index is 12.7. The zero-order valence-corrected chi connectivity index (χ0v) is 17.8. The molecule has 1 aliphatic heterocycles. The van der Waals surface area contributed by atoms with Gasteiger partial charge in [0.2, 0.25) is 0 Å². The van der Waals surface area contributed by atoms with Gasteiger partial charge in [0.05, 0.1) is 5.56 Å². The number of amides is 2. The molecule has 2 heterocycles. The van der Waals surface area contributed by atoms with Gasteiger partial charge in [-0.25, -0.2) is 0 Å². The molecule has 0 unspecified atom stereocenters. The summed E-state index contributed by atoms with van der Waals surface area (Å²) in [5, 5.41) is 7.57. The van der Waals surface area contributed by atoms with Crippen molar-refractivity contribution in [2.45, 2.75) is 45.2 Å². The largest absolute Gasteiger partial charge is 0.365 e. The fourth-order valence-electron chi connectivity index (χ4n) is 3.74. The smallest absolute Gasteiger partial charge is 0.256 e. The van der Waals surface area contributed by atoms with Gasteiger partial charge in [0, 0.05) is 31.6 Å². The zero-order valence-electron chi connectivity index (χ0n) is 15.5. The highest BCUT2D eigenvalue weighted by Crippen LogP contribution is 2.45. The van der Waals surface area contributed by atoms with Gasteiger partial charge in [0.15, 0.2) is 0 Å². The Morgan fingerprint density at radius 2 is 1.74 bits per heavy atom. The predicted molar refractivity (Wildman–Crippen MR) is 111 cm³/mol. The van der Waals surface area contributed by atoms with Gasteiger partial charge in [-0.2, -0.15) is 0 Å². The molecular formula is C19H21Cl2N3O2S. The fraction of sp³-hybridized carbons (Fsp3) is 0.368. The standard InChI is InChI=1S/C19H21Cl2N3O2S/c1-18(2)8-12-13(15(22)25)17(27-14(12)19(3,4)24-18)23-16(26)9-5-10(20)7-11(21)6-9/h5-7,24H,8H2,1-4H3,(H2,22,25)(H,23,26). The summed E-state index contributed by atoms with van der Waals surface area (Å²) >= 11 is 13.3. The second kappa shape index (κ2) is 6.78. The fourth-order valence-corrected chi connectivity index (χ4v) is 5.54. The third kappa shape index (κ3) is 3.99. The summed E-state index contributed by atoms with van der Waals surface area (Å²) in [6, 6.07) is 4.60. The van der Waals surface area contributed by atoms with E-state index >= 15 is 0 Å². The molecule has 1 aromatic carbocycles. The van der Waals surface area contributed by atoms with Crippen LogP contribution in [0.3, 0.4) is 0 Å². The van der Waals surface area contributed by atoms with Gasteiger partial charge in [-0.15, -0.1) is 11.3 Å². The van der Waals surface area contributed by atoms with Crippen molar-refractivity contribution in [2.75, 3.05) is 5.32 Å². The van der Waals surface area contributed by atoms with Gasteiger partial charge < -0.3 is 16.4 Å². The van der Waals surface area contributed by atoms with E-state index in [4.69, 9.17) is 28.9 Å². The molecule has 0 radical (unpaired) electrons. The first-order valence-corrected chi connectivity index (χ1v) is 9.99. The molecule has 2 amide bonds. The van der Waals surface area contributed by atoms with E-state index in [1.54, 1.807) is 6.07 Å². The minimum absolute atomic E-state index is 0.205. The van der Waals surface area contributed by atoms with E-state index in [1.165, 1.54) is 23.5 Å². The van der Waals surface area contributed by atoms with Crippen LogP contribution in [0.15, 0.2) is 18.2 Å². The summed E-state index contributed by atoms with van der Waals surface area (Å²) in [6.07, 6.45) is 0.638. The third-order valence-corrected chi connectivity index (χ3v) is 6.35. The number of anilines is 1. The van der Waals surface area contributed by atoms with Gasteiger partial charge in [0.1, 0.15) is 5.00 Å². The highest BCUT2D eigenvalue weighted by atomic mass is 35.5. The first-order chi connectivity index (χ1) is 12.4. The molecule has 1 aromatic heterocycles. The summed E-state index contributed by atoms with van der Waals surface area (Å²) < 4.78 is 0. The second-order valence-corrected chi connectivity index (χ2v) is 9.79. The Hall–Kier alpha value is -1.60. The Balaban J connectivity index is 2.05. The van der Waals surface area contributed by atoms with Crippen LogP contribution in [0.1, 0.15) is 58.9 Å². The lowest BCUT2D eigenvalue weighted by molar-refractivity contribution is 0.0999. The Labute approximate surface area is 172 Å². The Morgan fingerprint density at radius 1 is 1.15 bits per heavy atom. The topological polar surface area (TPSA) is 84.2 Å². The van der Waals surface area contributed by atoms with Gasteiger partial charge in [-0.1, -0.05) is 23.2 Å². The normalized spacial score (nSPS) is 17.3. The molecule has 3 rings (SSSR count). The summed E-state index contributed by atoms with van der Waals surface area (Å²) in [5.74, 6) is -0.953. The molecule has 8 heteroatoms. The van der Waals surface area contributed by atoms with Crippen molar-refractivity contribution < 1.29 is 9.59 Å². The molecule has 0 bridgehead atoms. The lowest BCUT2D eigenvalue weighted by Gasteiger charge is -2.42. The number of fused-ring (bicyclic) bond motifs is 1. The molecule has 4 N–H and O–H groups in total. The van der Waals surface area contributed by atoms with E-state index in [2.05, 4.69) is 38.3 Å². The molecule has 27 heavy (non-hydrogen) atoms. The number of thiophene rings is 1. The van der Waals surface area contributed by atoms with E-state index < -0.39 is 11.8 Å². The van der Waals surface area contributed by atoms with Gasteiger partial charge in [-0.3, -0.25) is 9.59 Å². The minimum Gasteiger partial charge on any atom is -0.365 e. The van der Waals surface area contributed by atoms with E-state index in [0.717, 1.165) is 10.4 Å². The molecule has 0 atom stereocenters. The second-order valence-electron chi connectivity index (χ2n) is 7.90. The molecule has 2 aromatic rings. The number of rotatable bonds is 3. The number of primary amides is 1. The van der Waals surface area contributed by atoms with Crippen LogP contribution in [0.4, 0.5) is 5.00 Å². The molecule has 0 spiro atoms. The van der Waals surface area contributed by atoms with E-state index in [1.807, 2.05) is 0 Å². The van der Waals surface area contributed by atoms with Crippen molar-refractivity contribution >= 4 is 51.4 Å². The van der Waals surface area contributed by atoms with Crippen LogP contribution in [-0.4, -0.2) is 17.4 Å². The molecule has 144 valence electrons. The molecule has 1 aliphatic rings. The Morgan fingerprint density at radius 3 is 2.30 bits per heavy atom. The van der Waals surface area contributed by atoms with E-state index in [9.17, 15) is 9.59 Å². The van der Waals surface area contributed by atoms with Crippen molar-refractivity contribution in [1.82, 2.24) is 5.32 Å². The maximum Gasteiger partial charge on any atom is 0.256 e. The zero-order chi connectivity index (χ0) is 20.1. The summed E-state index contributed by atoms with van der Waals surface area (Å²) in [5.41, 5.74) is 6.69. The Kier molecular flexibility index (Phi) is 5.06. The average Bonchev–Trinajstić information content (AvgIpc) is 2.82. The summed E-state index contributed by atoms with van der Waals surface area (Å²) in [4.78, 5) is 25.9. The van der Waals surface area contributed by atoms with Gasteiger partial charge >= 0.3 is 0 Å². The number of halogens is 2. The molecular weight excluding hydrogens is 405 g/mol. The predicted octanol–water partition coefficient (Wildman–Crippen LogP) is 4.57. The van der Waals surface area contributed by atoms with E-state index in [-0.39, 0.29) is 11.1 Å². The number of hydrogen-bond donors (Lipinski definition) is 3. The van der Waals surface area contributed by atoms with Crippen LogP contribution in [0.25, 0.3) is 0 Å². The van der Waals surface area contributed by atoms with Crippen LogP contribution >= 0.6 is 34.5 Å². The number of carbonyl (C=O) groups is 2. The van der Waals surface area contributed by atoms with Crippen molar-refractivity contribution in [1.29, 1.82) is 0 Å². The van der Waals surface area contributed by atoms with Gasteiger partial charge in [-0.05, 0) is 57.9 Å². The summed E-state index contributed by atoms with van der Waals surface area (Å²) in [6.45, 7) is 8.26. The van der Waals surface area contributed by atoms with Crippen molar-refractivity contribution in [3.05, 3.63) is 49.8 Å². The lowest BCUT2D eigenvalue weighted by Crippen LogP contribution is -2.55. The van der Waals surface area contributed by atoms with Gasteiger partial charge in [0.25, 0.3) is 11.8 Å². The van der Waals surface area contributed by atoms with E-state index in [0.29, 0.717) is 32.6 Å². The number of carbonyl (C=O) groups excluding carboxylic acids is 2. The first-order valence-electron chi connectivity index (χ1n) is 8.42. The molecule has 0 saturated heterocycles. The van der Waals surface area contributed by atoms with Crippen LogP contribution in [-0.2, 0) is 12.0 Å². The SMILES string of the molecule is CC1(C)Cc2c(sc(NC(=O)c3cc(Cl)cc(Cl)c3)c2C(N)=O)C(C)(C)N1. The Bertz CT molecular complexity index is 930. The van der Waals surface area contributed by atoms with Crippen molar-refractivity contribution in [2.24, 2.45) is 5.73 Å². The molecule has 5 nitrogen and oxygen atoms in total. The van der Waals surface area contributed by atoms with Crippen LogP contribution in [0.5, 0.6) is 0 Å². The highest BCUT2D eigenvalue weighted by molar-refractivity contribution is 7.17. The summed E-state index contributed by atoms with van der Waals surface area (Å²) in [7, 11) is 0. The average molecular weight is 426 g/mol. The van der Waals surface area contributed by atoms with Crippen LogP contribution < -0.4 is 16.4 Å². The minimum atomic E-state index is -0.555. The third-order valence-electron chi connectivity index (χ3n) is 4.44. The quantitative estimate of drug-likeness (QED) is 0.673. The number of hydrogen-bond acceptors (Lipinski definition) is 4. The number of nitrogens with one attached hydrogen (secondary N) is 2. The monoisotopic (exact) mass is 425 g/mol. The molecule has 0 aliphatic carbocycles. The van der Waals surface area contributed by atoms with Crippen LogP contribution in [0, 0.1) is 0 Å². The van der Waals surface area contributed by atoms with Crippen molar-refractivity contribution in [3.63, 3.8) is 0 Å². The molecule has 0 saturated carbocycles. The van der Waals surface area contributed by atoms with Crippen molar-refractivity contribution in [3.8, 4) is 0 Å². The van der Waals surface area contributed by atoms with Crippen LogP contribution in [0.2, 0.25) is 10.0 Å². The molecule has 0 fully saturated rings. The number of benzene rings is 1. The first kappa shape index (κ1) is 20.1.